The van der Waals surface area contributed by atoms with Crippen LogP contribution < -0.4 is 10.6 Å². The summed E-state index contributed by atoms with van der Waals surface area (Å²) in [5.74, 6) is 0.943. The van der Waals surface area contributed by atoms with Crippen LogP contribution in [0.15, 0.2) is 24.3 Å². The third-order valence-electron chi connectivity index (χ3n) is 3.76. The maximum atomic E-state index is 5.73. The normalized spacial score (nSPS) is 23.2. The number of aromatic nitrogens is 2. The highest BCUT2D eigenvalue weighted by atomic mass is 16.5. The van der Waals surface area contributed by atoms with Crippen molar-refractivity contribution >= 4 is 16.9 Å². The summed E-state index contributed by atoms with van der Waals surface area (Å²) < 4.78 is 5.70. The Hall–Kier alpha value is -1.72. The Labute approximate surface area is 118 Å². The summed E-state index contributed by atoms with van der Waals surface area (Å²) in [6.07, 6.45) is 0.0684. The average molecular weight is 272 g/mol. The first-order valence-corrected chi connectivity index (χ1v) is 7.00. The molecule has 20 heavy (non-hydrogen) atoms. The molecule has 1 fully saturated rings. The summed E-state index contributed by atoms with van der Waals surface area (Å²) in [4.78, 5) is 11.7. The number of nitrogens with two attached hydrogens (primary N) is 1. The van der Waals surface area contributed by atoms with Crippen molar-refractivity contribution in [3.8, 4) is 0 Å². The van der Waals surface area contributed by atoms with Crippen LogP contribution in [0, 0.1) is 6.92 Å². The first-order valence-electron chi connectivity index (χ1n) is 7.00. The lowest BCUT2D eigenvalue weighted by Gasteiger charge is -2.38. The van der Waals surface area contributed by atoms with Crippen LogP contribution in [0.2, 0.25) is 0 Å². The molecule has 1 aliphatic rings. The van der Waals surface area contributed by atoms with E-state index in [0.29, 0.717) is 13.2 Å². The number of morpholine rings is 1. The maximum Gasteiger partial charge on any atom is 0.151 e. The van der Waals surface area contributed by atoms with E-state index in [0.717, 1.165) is 29.1 Å². The first-order chi connectivity index (χ1) is 9.69. The summed E-state index contributed by atoms with van der Waals surface area (Å²) in [5.41, 5.74) is 8.54. The van der Waals surface area contributed by atoms with Gasteiger partial charge in [0.25, 0.3) is 0 Å². The Balaban J connectivity index is 2.01. The quantitative estimate of drug-likeness (QED) is 0.897. The molecule has 2 atom stereocenters. The molecule has 5 nitrogen and oxygen atoms in total. The van der Waals surface area contributed by atoms with Crippen LogP contribution in [0.3, 0.4) is 0 Å². The van der Waals surface area contributed by atoms with Gasteiger partial charge in [0.1, 0.15) is 0 Å². The second-order valence-corrected chi connectivity index (χ2v) is 5.31. The van der Waals surface area contributed by atoms with Crippen molar-refractivity contribution in [2.75, 3.05) is 24.6 Å². The van der Waals surface area contributed by atoms with Gasteiger partial charge >= 0.3 is 0 Å². The van der Waals surface area contributed by atoms with E-state index >= 15 is 0 Å². The van der Waals surface area contributed by atoms with Crippen LogP contribution in [-0.4, -0.2) is 41.8 Å². The molecule has 1 aromatic carbocycles. The van der Waals surface area contributed by atoms with Crippen LogP contribution in [0.25, 0.3) is 11.0 Å². The summed E-state index contributed by atoms with van der Waals surface area (Å²) in [5, 5.41) is 0. The minimum atomic E-state index is 0.0684. The zero-order valence-corrected chi connectivity index (χ0v) is 11.9. The number of para-hydroxylation sites is 2. The Morgan fingerprint density at radius 3 is 2.70 bits per heavy atom. The fourth-order valence-electron chi connectivity index (χ4n) is 2.61. The molecule has 2 aromatic rings. The number of rotatable bonds is 2. The van der Waals surface area contributed by atoms with E-state index in [2.05, 4.69) is 16.8 Å². The maximum absolute atomic E-state index is 5.73. The molecule has 0 saturated carbocycles. The van der Waals surface area contributed by atoms with Crippen molar-refractivity contribution in [1.29, 1.82) is 0 Å². The average Bonchev–Trinajstić information content (AvgIpc) is 2.47. The standard InChI is InChI=1S/C15H20N4O/c1-10-9-20-12(7-16)8-19(10)15-11(2)17-13-5-3-4-6-14(13)18-15/h3-6,10,12H,7-9,16H2,1-2H3. The van der Waals surface area contributed by atoms with Gasteiger partial charge < -0.3 is 15.4 Å². The molecule has 3 rings (SSSR count). The lowest BCUT2D eigenvalue weighted by atomic mass is 10.2. The molecule has 0 aliphatic carbocycles. The second-order valence-electron chi connectivity index (χ2n) is 5.31. The molecule has 5 heteroatoms. The monoisotopic (exact) mass is 272 g/mol. The summed E-state index contributed by atoms with van der Waals surface area (Å²) in [6, 6.07) is 8.24. The van der Waals surface area contributed by atoms with E-state index in [1.807, 2.05) is 31.2 Å². The van der Waals surface area contributed by atoms with E-state index in [1.165, 1.54) is 0 Å². The molecular weight excluding hydrogens is 252 g/mol. The van der Waals surface area contributed by atoms with Gasteiger partial charge in [-0.2, -0.15) is 0 Å². The third kappa shape index (κ3) is 2.34. The van der Waals surface area contributed by atoms with Gasteiger partial charge in [0, 0.05) is 13.1 Å². The van der Waals surface area contributed by atoms with Gasteiger partial charge in [-0.05, 0) is 26.0 Å². The molecular formula is C15H20N4O. The van der Waals surface area contributed by atoms with E-state index in [-0.39, 0.29) is 12.1 Å². The van der Waals surface area contributed by atoms with Crippen molar-refractivity contribution in [3.63, 3.8) is 0 Å². The molecule has 1 saturated heterocycles. The van der Waals surface area contributed by atoms with E-state index in [9.17, 15) is 0 Å². The highest BCUT2D eigenvalue weighted by molar-refractivity contribution is 5.76. The van der Waals surface area contributed by atoms with Gasteiger partial charge in [0.05, 0.1) is 35.5 Å². The zero-order chi connectivity index (χ0) is 14.1. The Bertz CT molecular complexity index is 616. The zero-order valence-electron chi connectivity index (χ0n) is 11.9. The van der Waals surface area contributed by atoms with Gasteiger partial charge in [-0.15, -0.1) is 0 Å². The molecule has 0 radical (unpaired) electrons. The SMILES string of the molecule is Cc1nc2ccccc2nc1N1CC(CN)OCC1C. The van der Waals surface area contributed by atoms with Gasteiger partial charge in [-0.3, -0.25) is 0 Å². The van der Waals surface area contributed by atoms with E-state index in [4.69, 9.17) is 15.5 Å². The number of anilines is 1. The molecule has 0 amide bonds. The predicted octanol–water partition coefficient (Wildman–Crippen LogP) is 1.49. The Morgan fingerprint density at radius 1 is 1.30 bits per heavy atom. The Morgan fingerprint density at radius 2 is 2.00 bits per heavy atom. The number of benzene rings is 1. The number of ether oxygens (including phenoxy) is 1. The van der Waals surface area contributed by atoms with E-state index < -0.39 is 0 Å². The number of aryl methyl sites for hydroxylation is 1. The molecule has 1 aromatic heterocycles. The molecule has 0 bridgehead atoms. The molecule has 1 aliphatic heterocycles. The van der Waals surface area contributed by atoms with Gasteiger partial charge in [-0.25, -0.2) is 9.97 Å². The van der Waals surface area contributed by atoms with Gasteiger partial charge in [0.15, 0.2) is 5.82 Å². The van der Waals surface area contributed by atoms with Crippen molar-refractivity contribution in [2.45, 2.75) is 26.0 Å². The van der Waals surface area contributed by atoms with Gasteiger partial charge in [-0.1, -0.05) is 12.1 Å². The first kappa shape index (κ1) is 13.3. The smallest absolute Gasteiger partial charge is 0.151 e. The topological polar surface area (TPSA) is 64.3 Å². The van der Waals surface area contributed by atoms with Crippen molar-refractivity contribution in [1.82, 2.24) is 9.97 Å². The van der Waals surface area contributed by atoms with Crippen molar-refractivity contribution < 1.29 is 4.74 Å². The van der Waals surface area contributed by atoms with Gasteiger partial charge in [0.2, 0.25) is 0 Å². The number of hydrogen-bond donors (Lipinski definition) is 1. The van der Waals surface area contributed by atoms with Crippen LogP contribution in [0.1, 0.15) is 12.6 Å². The summed E-state index contributed by atoms with van der Waals surface area (Å²) in [6.45, 7) is 6.13. The molecule has 0 spiro atoms. The van der Waals surface area contributed by atoms with Crippen molar-refractivity contribution in [2.24, 2.45) is 5.73 Å². The van der Waals surface area contributed by atoms with Crippen LogP contribution >= 0.6 is 0 Å². The largest absolute Gasteiger partial charge is 0.373 e. The number of fused-ring (bicyclic) bond motifs is 1. The van der Waals surface area contributed by atoms with Crippen LogP contribution in [0.5, 0.6) is 0 Å². The second kappa shape index (κ2) is 5.34. The fourth-order valence-corrected chi connectivity index (χ4v) is 2.61. The third-order valence-corrected chi connectivity index (χ3v) is 3.76. The summed E-state index contributed by atoms with van der Waals surface area (Å²) in [7, 11) is 0. The lowest BCUT2D eigenvalue weighted by molar-refractivity contribution is 0.0279. The number of nitrogens with zero attached hydrogens (tertiary/aromatic N) is 3. The highest BCUT2D eigenvalue weighted by Gasteiger charge is 2.27. The highest BCUT2D eigenvalue weighted by Crippen LogP contribution is 2.24. The molecule has 2 N–H and O–H groups in total. The van der Waals surface area contributed by atoms with Crippen LogP contribution in [-0.2, 0) is 4.74 Å². The van der Waals surface area contributed by atoms with E-state index in [1.54, 1.807) is 0 Å². The predicted molar refractivity (Wildman–Crippen MR) is 79.9 cm³/mol. The fraction of sp³-hybridized carbons (Fsp3) is 0.467. The molecule has 2 unspecified atom stereocenters. The number of hydrogen-bond acceptors (Lipinski definition) is 5. The molecule has 2 heterocycles. The summed E-state index contributed by atoms with van der Waals surface area (Å²) >= 11 is 0. The molecule has 106 valence electrons. The minimum Gasteiger partial charge on any atom is -0.373 e. The Kier molecular flexibility index (Phi) is 3.54. The van der Waals surface area contributed by atoms with Crippen LogP contribution in [0.4, 0.5) is 5.82 Å². The minimum absolute atomic E-state index is 0.0684. The van der Waals surface area contributed by atoms with Crippen molar-refractivity contribution in [3.05, 3.63) is 30.0 Å². The lowest BCUT2D eigenvalue weighted by Crippen LogP contribution is -2.51.